The van der Waals surface area contributed by atoms with Crippen LogP contribution in [-0.4, -0.2) is 30.5 Å². The van der Waals surface area contributed by atoms with Crippen molar-refractivity contribution >= 4 is 0 Å². The van der Waals surface area contributed by atoms with Gasteiger partial charge in [0.15, 0.2) is 0 Å². The maximum Gasteiger partial charge on any atom is 0.0919 e. The molecule has 0 spiro atoms. The lowest BCUT2D eigenvalue weighted by molar-refractivity contribution is -0.137. The van der Waals surface area contributed by atoms with Crippen LogP contribution in [-0.2, 0) is 4.74 Å². The van der Waals surface area contributed by atoms with Crippen LogP contribution in [0.1, 0.15) is 60.3 Å². The lowest BCUT2D eigenvalue weighted by atomic mass is 9.58. The van der Waals surface area contributed by atoms with Crippen molar-refractivity contribution in [3.63, 3.8) is 0 Å². The summed E-state index contributed by atoms with van der Waals surface area (Å²) in [5, 5.41) is 10.8. The molecule has 0 aromatic rings. The second-order valence-corrected chi connectivity index (χ2v) is 7.54. The molecule has 1 aliphatic carbocycles. The molecule has 1 aliphatic rings. The Morgan fingerprint density at radius 1 is 1.21 bits per heavy atom. The first-order chi connectivity index (χ1) is 8.68. The summed E-state index contributed by atoms with van der Waals surface area (Å²) in [4.78, 5) is 0. The number of hydrogen-bond acceptors (Lipinski definition) is 3. The van der Waals surface area contributed by atoms with Gasteiger partial charge < -0.3 is 15.6 Å². The summed E-state index contributed by atoms with van der Waals surface area (Å²) in [5.74, 6) is 0.732. The van der Waals surface area contributed by atoms with Gasteiger partial charge in [0.25, 0.3) is 0 Å². The summed E-state index contributed by atoms with van der Waals surface area (Å²) in [6.45, 7) is 12.4. The van der Waals surface area contributed by atoms with Crippen LogP contribution in [0.3, 0.4) is 0 Å². The van der Waals surface area contributed by atoms with Gasteiger partial charge in [0.1, 0.15) is 0 Å². The number of aliphatic hydroxyl groups is 1. The van der Waals surface area contributed by atoms with E-state index in [9.17, 15) is 5.11 Å². The molecule has 1 saturated carbocycles. The third kappa shape index (κ3) is 3.71. The molecule has 1 rings (SSSR count). The van der Waals surface area contributed by atoms with Crippen molar-refractivity contribution in [2.75, 3.05) is 19.8 Å². The monoisotopic (exact) mass is 271 g/mol. The molecule has 1 atom stereocenters. The summed E-state index contributed by atoms with van der Waals surface area (Å²) in [7, 11) is 0. The molecule has 19 heavy (non-hydrogen) atoms. The van der Waals surface area contributed by atoms with Crippen LogP contribution < -0.4 is 5.73 Å². The second-order valence-electron chi connectivity index (χ2n) is 7.54. The van der Waals surface area contributed by atoms with Crippen molar-refractivity contribution in [3.05, 3.63) is 0 Å². The summed E-state index contributed by atoms with van der Waals surface area (Å²) >= 11 is 0. The average molecular weight is 271 g/mol. The van der Waals surface area contributed by atoms with Gasteiger partial charge in [-0.1, -0.05) is 20.8 Å². The zero-order chi connectivity index (χ0) is 14.7. The third-order valence-corrected chi connectivity index (χ3v) is 5.29. The fraction of sp³-hybridized carbons (Fsp3) is 1.00. The Morgan fingerprint density at radius 2 is 1.74 bits per heavy atom. The van der Waals surface area contributed by atoms with E-state index < -0.39 is 5.60 Å². The fourth-order valence-electron chi connectivity index (χ4n) is 3.45. The van der Waals surface area contributed by atoms with Crippen LogP contribution in [0.2, 0.25) is 0 Å². The molecule has 0 bridgehead atoms. The highest BCUT2D eigenvalue weighted by Gasteiger charge is 2.49. The Kier molecular flexibility index (Phi) is 5.44. The molecule has 1 fully saturated rings. The summed E-state index contributed by atoms with van der Waals surface area (Å²) in [5.41, 5.74) is 5.39. The van der Waals surface area contributed by atoms with E-state index >= 15 is 0 Å². The van der Waals surface area contributed by atoms with Gasteiger partial charge in [-0.05, 0) is 50.9 Å². The van der Waals surface area contributed by atoms with Crippen LogP contribution in [0.5, 0.6) is 0 Å². The number of ether oxygens (including phenoxy) is 1. The molecule has 0 aliphatic heterocycles. The molecule has 0 aromatic carbocycles. The Bertz CT molecular complexity index is 273. The first-order valence-corrected chi connectivity index (χ1v) is 7.69. The number of rotatable bonds is 5. The minimum atomic E-state index is -0.819. The lowest BCUT2D eigenvalue weighted by Gasteiger charge is -2.50. The number of hydrogen-bond donors (Lipinski definition) is 2. The molecular weight excluding hydrogens is 238 g/mol. The van der Waals surface area contributed by atoms with Crippen molar-refractivity contribution in [1.82, 2.24) is 0 Å². The molecule has 0 amide bonds. The van der Waals surface area contributed by atoms with Gasteiger partial charge in [-0.2, -0.15) is 0 Å². The van der Waals surface area contributed by atoms with Gasteiger partial charge in [0.2, 0.25) is 0 Å². The molecule has 0 saturated heterocycles. The molecule has 1 unspecified atom stereocenters. The van der Waals surface area contributed by atoms with E-state index in [1.807, 2.05) is 13.8 Å². The van der Waals surface area contributed by atoms with Crippen molar-refractivity contribution < 1.29 is 9.84 Å². The minimum Gasteiger partial charge on any atom is -0.387 e. The van der Waals surface area contributed by atoms with Gasteiger partial charge in [-0.3, -0.25) is 0 Å². The third-order valence-electron chi connectivity index (χ3n) is 5.29. The molecule has 114 valence electrons. The van der Waals surface area contributed by atoms with Gasteiger partial charge in [0, 0.05) is 18.6 Å². The minimum absolute atomic E-state index is 0.177. The molecule has 0 aromatic heterocycles. The quantitative estimate of drug-likeness (QED) is 0.808. The van der Waals surface area contributed by atoms with Crippen molar-refractivity contribution in [2.24, 2.45) is 22.5 Å². The molecule has 3 nitrogen and oxygen atoms in total. The Labute approximate surface area is 118 Å². The maximum absolute atomic E-state index is 10.8. The van der Waals surface area contributed by atoms with Crippen molar-refractivity contribution in [3.8, 4) is 0 Å². The van der Waals surface area contributed by atoms with Crippen LogP contribution in [0.25, 0.3) is 0 Å². The van der Waals surface area contributed by atoms with E-state index in [2.05, 4.69) is 20.8 Å². The van der Waals surface area contributed by atoms with Gasteiger partial charge in [-0.15, -0.1) is 0 Å². The fourth-order valence-corrected chi connectivity index (χ4v) is 3.45. The standard InChI is InChI=1S/C16H33NO2/c1-6-19-12-15(5,18)16(11-17)9-7-13(8-10-16)14(2,3)4/h13,18H,6-12,17H2,1-5H3. The first-order valence-electron chi connectivity index (χ1n) is 7.69. The van der Waals surface area contributed by atoms with Crippen LogP contribution in [0, 0.1) is 16.7 Å². The first kappa shape index (κ1) is 16.9. The highest BCUT2D eigenvalue weighted by Crippen LogP contribution is 2.49. The van der Waals surface area contributed by atoms with Crippen molar-refractivity contribution in [2.45, 2.75) is 65.9 Å². The normalized spacial score (nSPS) is 32.1. The maximum atomic E-state index is 10.8. The molecule has 0 heterocycles. The van der Waals surface area contributed by atoms with E-state index in [0.717, 1.165) is 31.6 Å². The Balaban J connectivity index is 2.74. The topological polar surface area (TPSA) is 55.5 Å². The van der Waals surface area contributed by atoms with Gasteiger partial charge in [-0.25, -0.2) is 0 Å². The van der Waals surface area contributed by atoms with E-state index in [-0.39, 0.29) is 5.41 Å². The predicted molar refractivity (Wildman–Crippen MR) is 80.0 cm³/mol. The van der Waals surface area contributed by atoms with Crippen LogP contribution in [0.15, 0.2) is 0 Å². The SMILES string of the molecule is CCOCC(C)(O)C1(CN)CCC(C(C)(C)C)CC1. The number of nitrogens with two attached hydrogens (primary N) is 1. The van der Waals surface area contributed by atoms with E-state index in [1.165, 1.54) is 0 Å². The molecular formula is C16H33NO2. The highest BCUT2D eigenvalue weighted by atomic mass is 16.5. The molecule has 3 N–H and O–H groups in total. The Hall–Kier alpha value is -0.120. The largest absolute Gasteiger partial charge is 0.387 e. The highest BCUT2D eigenvalue weighted by molar-refractivity contribution is 5.00. The average Bonchev–Trinajstić information content (AvgIpc) is 2.35. The Morgan fingerprint density at radius 3 is 2.11 bits per heavy atom. The van der Waals surface area contributed by atoms with Gasteiger partial charge in [0.05, 0.1) is 12.2 Å². The zero-order valence-corrected chi connectivity index (χ0v) is 13.5. The van der Waals surface area contributed by atoms with Crippen LogP contribution in [0.4, 0.5) is 0 Å². The van der Waals surface area contributed by atoms with E-state index in [1.54, 1.807) is 0 Å². The molecule has 3 heteroatoms. The second kappa shape index (κ2) is 6.11. The summed E-state index contributed by atoms with van der Waals surface area (Å²) in [6, 6.07) is 0. The summed E-state index contributed by atoms with van der Waals surface area (Å²) < 4.78 is 5.47. The summed E-state index contributed by atoms with van der Waals surface area (Å²) in [6.07, 6.45) is 4.32. The smallest absolute Gasteiger partial charge is 0.0919 e. The van der Waals surface area contributed by atoms with Gasteiger partial charge >= 0.3 is 0 Å². The lowest BCUT2D eigenvalue weighted by Crippen LogP contribution is -2.55. The predicted octanol–water partition coefficient (Wildman–Crippen LogP) is 2.96. The van der Waals surface area contributed by atoms with Crippen LogP contribution >= 0.6 is 0 Å². The molecule has 0 radical (unpaired) electrons. The van der Waals surface area contributed by atoms with E-state index in [4.69, 9.17) is 10.5 Å². The van der Waals surface area contributed by atoms with E-state index in [0.29, 0.717) is 25.2 Å². The zero-order valence-electron chi connectivity index (χ0n) is 13.5. The van der Waals surface area contributed by atoms with Crippen molar-refractivity contribution in [1.29, 1.82) is 0 Å².